The number of carbonyl (C=O) groups excluding carboxylic acids is 1. The maximum atomic E-state index is 12.7. The zero-order valence-corrected chi connectivity index (χ0v) is 17.1. The molecule has 1 unspecified atom stereocenters. The molecule has 1 aromatic carbocycles. The van der Waals surface area contributed by atoms with Crippen LogP contribution < -0.4 is 10.6 Å². The Morgan fingerprint density at radius 1 is 1.12 bits per heavy atom. The molecule has 1 aliphatic heterocycles. The first-order valence-corrected chi connectivity index (χ1v) is 10.2. The number of nitrogens with one attached hydrogen (secondary N) is 2. The standard InChI is InChI=1S/C20H27BrN2O.ClH/c21-16-5-3-15(4-6-16)20(7-1-2-8-20)14-23-18(24)17-13-19(17)9-11-22-12-10-19;/h3-6,17,22H,1-2,7-14H2,(H,23,24);1H. The van der Waals surface area contributed by atoms with Crippen molar-refractivity contribution >= 4 is 34.2 Å². The Balaban J connectivity index is 0.00000182. The number of benzene rings is 1. The van der Waals surface area contributed by atoms with Crippen LogP contribution in [0.4, 0.5) is 0 Å². The number of hydrogen-bond donors (Lipinski definition) is 2. The molecule has 1 saturated heterocycles. The van der Waals surface area contributed by atoms with E-state index in [9.17, 15) is 4.79 Å². The van der Waals surface area contributed by atoms with Gasteiger partial charge < -0.3 is 10.6 Å². The number of rotatable bonds is 4. The lowest BCUT2D eigenvalue weighted by Gasteiger charge is -2.30. The first-order valence-electron chi connectivity index (χ1n) is 9.38. The third kappa shape index (κ3) is 3.77. The van der Waals surface area contributed by atoms with Gasteiger partial charge in [0.15, 0.2) is 0 Å². The van der Waals surface area contributed by atoms with Crippen LogP contribution in [0.5, 0.6) is 0 Å². The predicted molar refractivity (Wildman–Crippen MR) is 107 cm³/mol. The summed E-state index contributed by atoms with van der Waals surface area (Å²) in [5.74, 6) is 0.572. The highest BCUT2D eigenvalue weighted by Crippen LogP contribution is 2.58. The van der Waals surface area contributed by atoms with Gasteiger partial charge >= 0.3 is 0 Å². The van der Waals surface area contributed by atoms with E-state index < -0.39 is 0 Å². The number of piperidine rings is 1. The molecule has 4 rings (SSSR count). The van der Waals surface area contributed by atoms with Crippen molar-refractivity contribution in [2.45, 2.75) is 50.4 Å². The quantitative estimate of drug-likeness (QED) is 0.756. The smallest absolute Gasteiger partial charge is 0.223 e. The van der Waals surface area contributed by atoms with Gasteiger partial charge in [-0.1, -0.05) is 40.9 Å². The number of hydrogen-bond acceptors (Lipinski definition) is 2. The molecule has 2 N–H and O–H groups in total. The van der Waals surface area contributed by atoms with Gasteiger partial charge in [0.25, 0.3) is 0 Å². The van der Waals surface area contributed by atoms with Crippen molar-refractivity contribution in [3.05, 3.63) is 34.3 Å². The maximum absolute atomic E-state index is 12.7. The van der Waals surface area contributed by atoms with Crippen LogP contribution in [0.1, 0.15) is 50.5 Å². The van der Waals surface area contributed by atoms with E-state index in [4.69, 9.17) is 0 Å². The van der Waals surface area contributed by atoms with Crippen LogP contribution >= 0.6 is 28.3 Å². The van der Waals surface area contributed by atoms with Crippen LogP contribution in [0.3, 0.4) is 0 Å². The topological polar surface area (TPSA) is 41.1 Å². The van der Waals surface area contributed by atoms with Gasteiger partial charge in [0.05, 0.1) is 0 Å². The van der Waals surface area contributed by atoms with E-state index in [2.05, 4.69) is 50.8 Å². The van der Waals surface area contributed by atoms with E-state index in [-0.39, 0.29) is 23.7 Å². The molecule has 1 atom stereocenters. The molecule has 3 aliphatic rings. The number of halogens is 2. The van der Waals surface area contributed by atoms with Crippen molar-refractivity contribution in [3.8, 4) is 0 Å². The summed E-state index contributed by atoms with van der Waals surface area (Å²) in [7, 11) is 0. The Bertz CT molecular complexity index is 607. The molecule has 1 spiro atoms. The normalized spacial score (nSPS) is 26.0. The highest BCUT2D eigenvalue weighted by Gasteiger charge is 2.57. The second-order valence-corrected chi connectivity index (χ2v) is 9.00. The summed E-state index contributed by atoms with van der Waals surface area (Å²) < 4.78 is 1.12. The van der Waals surface area contributed by atoms with Crippen molar-refractivity contribution in [1.82, 2.24) is 10.6 Å². The fourth-order valence-electron chi connectivity index (χ4n) is 5.00. The number of amides is 1. The van der Waals surface area contributed by atoms with Crippen molar-refractivity contribution in [3.63, 3.8) is 0 Å². The molecular formula is C20H28BrClN2O. The second-order valence-electron chi connectivity index (χ2n) is 8.08. The third-order valence-electron chi connectivity index (χ3n) is 6.72. The van der Waals surface area contributed by atoms with Crippen molar-refractivity contribution in [1.29, 1.82) is 0 Å². The summed E-state index contributed by atoms with van der Waals surface area (Å²) in [5, 5.41) is 6.75. The molecular weight excluding hydrogens is 400 g/mol. The average molecular weight is 428 g/mol. The van der Waals surface area contributed by atoms with Gasteiger partial charge in [0.1, 0.15) is 0 Å². The molecule has 1 aromatic rings. The lowest BCUT2D eigenvalue weighted by atomic mass is 9.78. The van der Waals surface area contributed by atoms with E-state index >= 15 is 0 Å². The SMILES string of the molecule is Cl.O=C(NCC1(c2ccc(Br)cc2)CCCC1)C1CC12CCNCC2. The molecule has 0 bridgehead atoms. The van der Waals surface area contributed by atoms with Gasteiger partial charge in [-0.2, -0.15) is 0 Å². The fraction of sp³-hybridized carbons (Fsp3) is 0.650. The fourth-order valence-corrected chi connectivity index (χ4v) is 5.26. The van der Waals surface area contributed by atoms with Crippen molar-refractivity contribution in [2.24, 2.45) is 11.3 Å². The number of carbonyl (C=O) groups is 1. The largest absolute Gasteiger partial charge is 0.355 e. The molecule has 0 radical (unpaired) electrons. The molecule has 3 nitrogen and oxygen atoms in total. The zero-order chi connectivity index (χ0) is 16.6. The first kappa shape index (κ1) is 19.2. The van der Waals surface area contributed by atoms with Crippen molar-refractivity contribution in [2.75, 3.05) is 19.6 Å². The lowest BCUT2D eigenvalue weighted by molar-refractivity contribution is -0.123. The van der Waals surface area contributed by atoms with Crippen LogP contribution in [-0.4, -0.2) is 25.5 Å². The van der Waals surface area contributed by atoms with E-state index in [1.54, 1.807) is 0 Å². The summed E-state index contributed by atoms with van der Waals surface area (Å²) >= 11 is 3.53. The molecule has 138 valence electrons. The molecule has 1 amide bonds. The van der Waals surface area contributed by atoms with Gasteiger partial charge in [-0.15, -0.1) is 12.4 Å². The summed E-state index contributed by atoms with van der Waals surface area (Å²) in [6.45, 7) is 2.96. The predicted octanol–water partition coefficient (Wildman–Crippen LogP) is 4.19. The Kier molecular flexibility index (Phi) is 5.81. The first-order chi connectivity index (χ1) is 11.6. The minimum Gasteiger partial charge on any atom is -0.355 e. The highest BCUT2D eigenvalue weighted by atomic mass is 79.9. The van der Waals surface area contributed by atoms with Gasteiger partial charge in [-0.25, -0.2) is 0 Å². The van der Waals surface area contributed by atoms with Gasteiger partial charge in [0.2, 0.25) is 5.91 Å². The van der Waals surface area contributed by atoms with Gasteiger partial charge in [0, 0.05) is 22.4 Å². The zero-order valence-electron chi connectivity index (χ0n) is 14.7. The summed E-state index contributed by atoms with van der Waals surface area (Å²) in [4.78, 5) is 12.7. The maximum Gasteiger partial charge on any atom is 0.223 e. The van der Waals surface area contributed by atoms with Crippen LogP contribution in [0.2, 0.25) is 0 Å². The lowest BCUT2D eigenvalue weighted by Crippen LogP contribution is -2.41. The van der Waals surface area contributed by atoms with E-state index in [1.165, 1.54) is 44.1 Å². The Hall–Kier alpha value is -0.580. The van der Waals surface area contributed by atoms with Crippen LogP contribution in [0.15, 0.2) is 28.7 Å². The van der Waals surface area contributed by atoms with Crippen LogP contribution in [0, 0.1) is 11.3 Å². The molecule has 0 aromatic heterocycles. The van der Waals surface area contributed by atoms with E-state index in [1.807, 2.05) is 0 Å². The molecule has 25 heavy (non-hydrogen) atoms. The van der Waals surface area contributed by atoms with E-state index in [0.717, 1.165) is 30.5 Å². The Labute approximate surface area is 165 Å². The average Bonchev–Trinajstić information content (AvgIpc) is 3.07. The second kappa shape index (κ2) is 7.58. The van der Waals surface area contributed by atoms with Gasteiger partial charge in [-0.3, -0.25) is 4.79 Å². The molecule has 3 fully saturated rings. The Morgan fingerprint density at radius 3 is 2.40 bits per heavy atom. The Morgan fingerprint density at radius 2 is 1.76 bits per heavy atom. The summed E-state index contributed by atoms with van der Waals surface area (Å²) in [6.07, 6.45) is 8.36. The summed E-state index contributed by atoms with van der Waals surface area (Å²) in [5.41, 5.74) is 1.86. The van der Waals surface area contributed by atoms with Crippen LogP contribution in [-0.2, 0) is 10.2 Å². The third-order valence-corrected chi connectivity index (χ3v) is 7.25. The van der Waals surface area contributed by atoms with Crippen molar-refractivity contribution < 1.29 is 4.79 Å². The molecule has 2 saturated carbocycles. The minimum atomic E-state index is 0. The van der Waals surface area contributed by atoms with E-state index in [0.29, 0.717) is 11.3 Å². The monoisotopic (exact) mass is 426 g/mol. The molecule has 5 heteroatoms. The highest BCUT2D eigenvalue weighted by molar-refractivity contribution is 9.10. The minimum absolute atomic E-state index is 0. The summed E-state index contributed by atoms with van der Waals surface area (Å²) in [6, 6.07) is 8.71. The van der Waals surface area contributed by atoms with Gasteiger partial charge in [-0.05, 0) is 68.3 Å². The van der Waals surface area contributed by atoms with Crippen LogP contribution in [0.25, 0.3) is 0 Å². The molecule has 2 aliphatic carbocycles. The molecule has 1 heterocycles.